The van der Waals surface area contributed by atoms with Crippen LogP contribution >= 0.6 is 0 Å². The molecule has 0 aliphatic carbocycles. The van der Waals surface area contributed by atoms with Gasteiger partial charge in [0.05, 0.1) is 13.2 Å². The van der Waals surface area contributed by atoms with E-state index in [-0.39, 0.29) is 24.9 Å². The van der Waals surface area contributed by atoms with Gasteiger partial charge in [0, 0.05) is 12.1 Å². The van der Waals surface area contributed by atoms with Gasteiger partial charge in [-0.2, -0.15) is 0 Å². The van der Waals surface area contributed by atoms with Crippen molar-refractivity contribution in [1.82, 2.24) is 10.6 Å². The van der Waals surface area contributed by atoms with E-state index in [1.807, 2.05) is 30.3 Å². The molecule has 2 aromatic carbocycles. The van der Waals surface area contributed by atoms with Crippen molar-refractivity contribution in [3.63, 3.8) is 0 Å². The lowest BCUT2D eigenvalue weighted by atomic mass is 10.2. The monoisotopic (exact) mass is 428 g/mol. The number of carbonyl (C=O) groups excluding carboxylic acids is 2. The van der Waals surface area contributed by atoms with Gasteiger partial charge < -0.3 is 25.8 Å². The molecule has 0 atom stereocenters. The highest BCUT2D eigenvalue weighted by atomic mass is 16.5. The van der Waals surface area contributed by atoms with Crippen molar-refractivity contribution in [2.45, 2.75) is 33.3 Å². The summed E-state index contributed by atoms with van der Waals surface area (Å²) in [6.07, 6.45) is 1.20. The molecular formula is C23H32N4O4. The third-order valence-electron chi connectivity index (χ3n) is 3.66. The van der Waals surface area contributed by atoms with Crippen LogP contribution in [-0.4, -0.2) is 37.5 Å². The number of carbonyl (C=O) groups is 2. The predicted octanol–water partition coefficient (Wildman–Crippen LogP) is 3.20. The summed E-state index contributed by atoms with van der Waals surface area (Å²) >= 11 is 0. The second-order valence-electron chi connectivity index (χ2n) is 6.62. The molecule has 5 N–H and O–H groups in total. The van der Waals surface area contributed by atoms with Crippen molar-refractivity contribution in [2.24, 2.45) is 5.73 Å². The first kappa shape index (κ1) is 25.5. The molecule has 0 saturated carbocycles. The van der Waals surface area contributed by atoms with Crippen LogP contribution in [0.2, 0.25) is 0 Å². The number of nitrogen functional groups attached to an aromatic ring is 1. The lowest BCUT2D eigenvalue weighted by Crippen LogP contribution is -2.37. The van der Waals surface area contributed by atoms with Crippen molar-refractivity contribution < 1.29 is 19.1 Å². The Balaban J connectivity index is 0.00000151. The van der Waals surface area contributed by atoms with Gasteiger partial charge in [0.1, 0.15) is 18.2 Å². The molecule has 0 unspecified atom stereocenters. The van der Waals surface area contributed by atoms with Crippen LogP contribution in [0.3, 0.4) is 0 Å². The lowest BCUT2D eigenvalue weighted by Gasteiger charge is -2.09. The molecule has 0 heterocycles. The van der Waals surface area contributed by atoms with Gasteiger partial charge in [-0.1, -0.05) is 62.7 Å². The van der Waals surface area contributed by atoms with Gasteiger partial charge in [0.15, 0.2) is 0 Å². The van der Waals surface area contributed by atoms with E-state index in [1.165, 1.54) is 6.42 Å². The number of amides is 2. The van der Waals surface area contributed by atoms with E-state index >= 15 is 0 Å². The molecule has 0 saturated heterocycles. The Morgan fingerprint density at radius 2 is 1.74 bits per heavy atom. The molecule has 0 radical (unpaired) electrons. The van der Waals surface area contributed by atoms with Gasteiger partial charge in [-0.15, -0.1) is 0 Å². The number of benzene rings is 2. The number of nitrogens with two attached hydrogens (primary N) is 1. The summed E-state index contributed by atoms with van der Waals surface area (Å²) in [5.74, 6) is 0.282. The molecule has 8 heteroatoms. The summed E-state index contributed by atoms with van der Waals surface area (Å²) in [6.45, 7) is 5.05. The minimum atomic E-state index is -0.646. The van der Waals surface area contributed by atoms with Crippen molar-refractivity contribution in [3.05, 3.63) is 65.7 Å². The largest absolute Gasteiger partial charge is 0.494 e. The summed E-state index contributed by atoms with van der Waals surface area (Å²) < 4.78 is 10.6. The summed E-state index contributed by atoms with van der Waals surface area (Å²) in [5.41, 5.74) is 6.90. The highest BCUT2D eigenvalue weighted by Gasteiger charge is 2.06. The highest BCUT2D eigenvalue weighted by Crippen LogP contribution is 2.12. The molecule has 0 aliphatic heterocycles. The first-order chi connectivity index (χ1) is 15.0. The summed E-state index contributed by atoms with van der Waals surface area (Å²) in [7, 11) is 0. The molecular weight excluding hydrogens is 396 g/mol. The quantitative estimate of drug-likeness (QED) is 0.263. The Hall–Kier alpha value is -3.55. The molecule has 8 nitrogen and oxygen atoms in total. The molecule has 0 bridgehead atoms. The fourth-order valence-electron chi connectivity index (χ4n) is 2.23. The third-order valence-corrected chi connectivity index (χ3v) is 3.66. The van der Waals surface area contributed by atoms with Crippen LogP contribution < -0.4 is 21.1 Å². The Morgan fingerprint density at radius 1 is 1.03 bits per heavy atom. The van der Waals surface area contributed by atoms with Gasteiger partial charge in [-0.3, -0.25) is 10.2 Å². The van der Waals surface area contributed by atoms with E-state index in [2.05, 4.69) is 24.5 Å². The van der Waals surface area contributed by atoms with E-state index in [0.29, 0.717) is 30.9 Å². The Kier molecular flexibility index (Phi) is 12.6. The number of rotatable bonds is 10. The van der Waals surface area contributed by atoms with Crippen molar-refractivity contribution in [2.75, 3.05) is 19.7 Å². The number of nitrogens with one attached hydrogen (secondary N) is 3. The second-order valence-corrected chi connectivity index (χ2v) is 6.62. The summed E-state index contributed by atoms with van der Waals surface area (Å²) in [5, 5.41) is 12.5. The minimum Gasteiger partial charge on any atom is -0.494 e. The van der Waals surface area contributed by atoms with Crippen LogP contribution in [0.1, 0.15) is 37.8 Å². The number of ether oxygens (including phenoxy) is 2. The van der Waals surface area contributed by atoms with Crippen LogP contribution in [-0.2, 0) is 16.1 Å². The lowest BCUT2D eigenvalue weighted by molar-refractivity contribution is -0.120. The molecule has 0 fully saturated rings. The zero-order chi connectivity index (χ0) is 22.9. The summed E-state index contributed by atoms with van der Waals surface area (Å²) in [4.78, 5) is 23.3. The van der Waals surface area contributed by atoms with Gasteiger partial charge in [0.2, 0.25) is 5.91 Å². The standard InChI is InChI=1S/C20H24N4O4.C3H8/c21-19(22)16-8-4-9-17(12-16)27-11-5-10-23-18(25)13-24-20(26)28-14-15-6-2-1-3-7-15;1-3-2/h1-4,6-9,12H,5,10-11,13-14H2,(H3,21,22)(H,23,25)(H,24,26);3H2,1-2H3. The van der Waals surface area contributed by atoms with E-state index in [9.17, 15) is 9.59 Å². The van der Waals surface area contributed by atoms with Gasteiger partial charge >= 0.3 is 6.09 Å². The van der Waals surface area contributed by atoms with E-state index in [4.69, 9.17) is 20.6 Å². The Morgan fingerprint density at radius 3 is 2.42 bits per heavy atom. The zero-order valence-corrected chi connectivity index (χ0v) is 18.1. The Labute approximate surface area is 183 Å². The zero-order valence-electron chi connectivity index (χ0n) is 18.1. The van der Waals surface area contributed by atoms with Crippen molar-refractivity contribution >= 4 is 17.8 Å². The topological polar surface area (TPSA) is 127 Å². The minimum absolute atomic E-state index is 0.0208. The van der Waals surface area contributed by atoms with E-state index in [1.54, 1.807) is 24.3 Å². The molecule has 2 aromatic rings. The van der Waals surface area contributed by atoms with Crippen LogP contribution in [0.4, 0.5) is 4.79 Å². The maximum Gasteiger partial charge on any atom is 0.407 e. The Bertz CT molecular complexity index is 812. The molecule has 31 heavy (non-hydrogen) atoms. The normalized spacial score (nSPS) is 9.61. The average Bonchev–Trinajstić information content (AvgIpc) is 2.77. The third kappa shape index (κ3) is 11.9. The van der Waals surface area contributed by atoms with Crippen molar-refractivity contribution in [1.29, 1.82) is 5.41 Å². The first-order valence-electron chi connectivity index (χ1n) is 10.2. The first-order valence-corrected chi connectivity index (χ1v) is 10.2. The van der Waals surface area contributed by atoms with Crippen LogP contribution in [0.5, 0.6) is 5.75 Å². The highest BCUT2D eigenvalue weighted by molar-refractivity contribution is 5.95. The van der Waals surface area contributed by atoms with Crippen LogP contribution in [0.15, 0.2) is 54.6 Å². The molecule has 2 rings (SSSR count). The SMILES string of the molecule is CCC.N=C(N)c1cccc(OCCCNC(=O)CNC(=O)OCc2ccccc2)c1. The molecule has 0 aromatic heterocycles. The fourth-order valence-corrected chi connectivity index (χ4v) is 2.23. The fraction of sp³-hybridized carbons (Fsp3) is 0.348. The average molecular weight is 429 g/mol. The van der Waals surface area contributed by atoms with E-state index < -0.39 is 6.09 Å². The predicted molar refractivity (Wildman–Crippen MR) is 121 cm³/mol. The van der Waals surface area contributed by atoms with E-state index in [0.717, 1.165) is 5.56 Å². The smallest absolute Gasteiger partial charge is 0.407 e. The molecule has 2 amide bonds. The number of amidine groups is 1. The number of alkyl carbamates (subject to hydrolysis) is 1. The van der Waals surface area contributed by atoms with Gasteiger partial charge in [-0.05, 0) is 24.1 Å². The molecule has 168 valence electrons. The van der Waals surface area contributed by atoms with Crippen LogP contribution in [0.25, 0.3) is 0 Å². The van der Waals surface area contributed by atoms with Gasteiger partial charge in [0.25, 0.3) is 0 Å². The summed E-state index contributed by atoms with van der Waals surface area (Å²) in [6, 6.07) is 16.2. The van der Waals surface area contributed by atoms with Crippen LogP contribution in [0, 0.1) is 5.41 Å². The van der Waals surface area contributed by atoms with Gasteiger partial charge in [-0.25, -0.2) is 4.79 Å². The second kappa shape index (κ2) is 15.3. The maximum atomic E-state index is 11.7. The molecule has 0 aliphatic rings. The molecule has 0 spiro atoms. The maximum absolute atomic E-state index is 11.7. The number of hydrogen-bond donors (Lipinski definition) is 4. The number of hydrogen-bond acceptors (Lipinski definition) is 5. The van der Waals surface area contributed by atoms with Crippen molar-refractivity contribution in [3.8, 4) is 5.75 Å².